The molecule has 1 heterocycles. The predicted octanol–water partition coefficient (Wildman–Crippen LogP) is 6.49. The Kier molecular flexibility index (Phi) is 8.87. The molecule has 5 rings (SSSR count). The molecular formula is C35H47ClN6O2. The number of hydrogen-bond acceptors (Lipinski definition) is 5. The van der Waals surface area contributed by atoms with Gasteiger partial charge in [0.2, 0.25) is 0 Å². The lowest BCUT2D eigenvalue weighted by atomic mass is 9.73. The van der Waals surface area contributed by atoms with E-state index < -0.39 is 5.66 Å². The minimum absolute atomic E-state index is 0.0416. The number of halogens is 1. The van der Waals surface area contributed by atoms with Gasteiger partial charge < -0.3 is 21.8 Å². The summed E-state index contributed by atoms with van der Waals surface area (Å²) in [5.41, 5.74) is 9.32. The van der Waals surface area contributed by atoms with Gasteiger partial charge in [-0.05, 0) is 116 Å². The van der Waals surface area contributed by atoms with Crippen LogP contribution in [0.25, 0.3) is 0 Å². The van der Waals surface area contributed by atoms with Crippen molar-refractivity contribution in [1.29, 1.82) is 0 Å². The second kappa shape index (κ2) is 12.2. The van der Waals surface area contributed by atoms with Crippen LogP contribution < -0.4 is 16.9 Å². The molecule has 5 N–H and O–H groups in total. The van der Waals surface area contributed by atoms with Crippen LogP contribution in [0.4, 0.5) is 0 Å². The first-order valence-corrected chi connectivity index (χ1v) is 16.2. The van der Waals surface area contributed by atoms with Gasteiger partial charge in [-0.2, -0.15) is 5.10 Å². The molecule has 2 aliphatic carbocycles. The van der Waals surface area contributed by atoms with Gasteiger partial charge in [-0.15, -0.1) is 0 Å². The average molecular weight is 619 g/mol. The highest BCUT2D eigenvalue weighted by Gasteiger charge is 2.55. The number of hydrogen-bond donors (Lipinski definition) is 3. The quantitative estimate of drug-likeness (QED) is 0.128. The smallest absolute Gasteiger partial charge is 0.275 e. The number of hydrazone groups is 1. The third-order valence-electron chi connectivity index (χ3n) is 9.95. The minimum atomic E-state index is -0.609. The second-order valence-corrected chi connectivity index (χ2v) is 15.0. The number of amidine groups is 1. The molecule has 0 aromatic heterocycles. The van der Waals surface area contributed by atoms with Crippen molar-refractivity contribution >= 4 is 35.0 Å². The summed E-state index contributed by atoms with van der Waals surface area (Å²) in [6, 6.07) is 13.1. The molecule has 0 saturated heterocycles. The van der Waals surface area contributed by atoms with E-state index in [9.17, 15) is 9.59 Å². The summed E-state index contributed by atoms with van der Waals surface area (Å²) in [4.78, 5) is 34.9. The summed E-state index contributed by atoms with van der Waals surface area (Å²) >= 11 is 6.48. The number of aliphatic imine (C=N–C) groups is 1. The molecule has 236 valence electrons. The van der Waals surface area contributed by atoms with Crippen molar-refractivity contribution in [3.8, 4) is 0 Å². The van der Waals surface area contributed by atoms with Crippen LogP contribution in [0.1, 0.15) is 112 Å². The summed E-state index contributed by atoms with van der Waals surface area (Å²) in [6.07, 6.45) is 8.11. The van der Waals surface area contributed by atoms with E-state index in [4.69, 9.17) is 28.2 Å². The van der Waals surface area contributed by atoms with Gasteiger partial charge in [0.15, 0.2) is 0 Å². The van der Waals surface area contributed by atoms with Gasteiger partial charge in [-0.25, -0.2) is 0 Å². The van der Waals surface area contributed by atoms with Crippen molar-refractivity contribution in [2.75, 3.05) is 6.54 Å². The second-order valence-electron chi connectivity index (χ2n) is 14.6. The summed E-state index contributed by atoms with van der Waals surface area (Å²) < 4.78 is 0. The maximum atomic E-state index is 14.6. The van der Waals surface area contributed by atoms with Crippen LogP contribution in [-0.4, -0.2) is 40.5 Å². The molecule has 2 amide bonds. The average Bonchev–Trinajstić information content (AvgIpc) is 3.67. The highest BCUT2D eigenvalue weighted by atomic mass is 35.5. The molecule has 3 aliphatic rings. The lowest BCUT2D eigenvalue weighted by Gasteiger charge is -2.46. The fourth-order valence-electron chi connectivity index (χ4n) is 7.03. The first kappa shape index (κ1) is 32.0. The summed E-state index contributed by atoms with van der Waals surface area (Å²) in [7, 11) is 0. The fourth-order valence-corrected chi connectivity index (χ4v) is 7.32. The zero-order valence-corrected chi connectivity index (χ0v) is 27.5. The molecule has 2 aromatic rings. The molecule has 1 aliphatic heterocycles. The van der Waals surface area contributed by atoms with Gasteiger partial charge >= 0.3 is 0 Å². The number of nitrogens with zero attached hydrogens (tertiary/aromatic N) is 3. The fraction of sp³-hybridized carbons (Fsp3) is 0.543. The van der Waals surface area contributed by atoms with E-state index in [0.29, 0.717) is 27.6 Å². The van der Waals surface area contributed by atoms with E-state index in [1.807, 2.05) is 49.4 Å². The van der Waals surface area contributed by atoms with Gasteiger partial charge in [0, 0.05) is 16.1 Å². The first-order valence-electron chi connectivity index (χ1n) is 15.9. The molecule has 1 unspecified atom stereocenters. The molecule has 44 heavy (non-hydrogen) atoms. The number of amides is 2. The molecule has 2 fully saturated rings. The van der Waals surface area contributed by atoms with Crippen molar-refractivity contribution in [1.82, 2.24) is 10.2 Å². The Morgan fingerprint density at radius 2 is 1.80 bits per heavy atom. The van der Waals surface area contributed by atoms with E-state index in [0.717, 1.165) is 55.2 Å². The number of rotatable bonds is 9. The summed E-state index contributed by atoms with van der Waals surface area (Å²) in [6.45, 7) is 11.2. The zero-order chi connectivity index (χ0) is 31.9. The number of benzene rings is 2. The van der Waals surface area contributed by atoms with E-state index in [-0.39, 0.29) is 35.7 Å². The Morgan fingerprint density at radius 1 is 1.14 bits per heavy atom. The standard InChI is InChI=1S/C35H47ClN6O2/c1-22-18-25(20-27(36)19-22)30-32(44)42(35(40-30)14-10-26(11-15-35)34(5)16-17-34)28(12-13-33(2,3)4)23-6-8-24(9-7-23)31(43)39-21-29(37)41-38/h6-9,18-20,26,28H,10-17,21,38H2,1-5H3,(H2,37,41)(H,39,43). The predicted molar refractivity (Wildman–Crippen MR) is 178 cm³/mol. The maximum Gasteiger partial charge on any atom is 0.275 e. The lowest BCUT2D eigenvalue weighted by Crippen LogP contribution is -2.51. The number of nitrogens with one attached hydrogen (secondary N) is 1. The maximum absolute atomic E-state index is 14.6. The Labute approximate surface area is 266 Å². The topological polar surface area (TPSA) is 126 Å². The van der Waals surface area contributed by atoms with Crippen LogP contribution in [0.2, 0.25) is 5.02 Å². The van der Waals surface area contributed by atoms with E-state index in [2.05, 4.69) is 43.0 Å². The van der Waals surface area contributed by atoms with E-state index in [1.54, 1.807) is 0 Å². The van der Waals surface area contributed by atoms with Gasteiger partial charge in [0.05, 0.1) is 12.6 Å². The molecule has 0 radical (unpaired) electrons. The van der Waals surface area contributed by atoms with E-state index >= 15 is 0 Å². The third-order valence-corrected chi connectivity index (χ3v) is 10.2. The Bertz CT molecular complexity index is 1440. The molecule has 1 spiro atoms. The van der Waals surface area contributed by atoms with Crippen LogP contribution in [0.15, 0.2) is 52.6 Å². The first-order chi connectivity index (χ1) is 20.7. The van der Waals surface area contributed by atoms with Crippen molar-refractivity contribution in [3.63, 3.8) is 0 Å². The largest absolute Gasteiger partial charge is 0.384 e. The third kappa shape index (κ3) is 6.80. The zero-order valence-electron chi connectivity index (χ0n) is 26.8. The normalized spacial score (nSPS) is 23.9. The van der Waals surface area contributed by atoms with Crippen LogP contribution in [0.3, 0.4) is 0 Å². The highest BCUT2D eigenvalue weighted by Crippen LogP contribution is 2.58. The van der Waals surface area contributed by atoms with E-state index in [1.165, 1.54) is 12.8 Å². The molecule has 0 bridgehead atoms. The number of nitrogens with two attached hydrogens (primary N) is 2. The van der Waals surface area contributed by atoms with Crippen LogP contribution in [0, 0.1) is 23.7 Å². The van der Waals surface area contributed by atoms with Crippen molar-refractivity contribution in [2.24, 2.45) is 38.4 Å². The molecule has 2 saturated carbocycles. The van der Waals surface area contributed by atoms with Crippen molar-refractivity contribution < 1.29 is 9.59 Å². The van der Waals surface area contributed by atoms with Crippen LogP contribution >= 0.6 is 11.6 Å². The molecule has 2 aromatic carbocycles. The SMILES string of the molecule is Cc1cc(Cl)cc(C2=NC3(CCC(C4(C)CC4)CC3)N(C(CCC(C)(C)C)c3ccc(C(=O)NC/C(N)=N/N)cc3)C2=O)c1. The summed E-state index contributed by atoms with van der Waals surface area (Å²) in [5.74, 6) is 5.70. The van der Waals surface area contributed by atoms with Gasteiger partial charge in [-0.1, -0.05) is 51.4 Å². The van der Waals surface area contributed by atoms with Gasteiger partial charge in [-0.3, -0.25) is 14.6 Å². The van der Waals surface area contributed by atoms with Crippen LogP contribution in [0.5, 0.6) is 0 Å². The molecule has 8 nitrogen and oxygen atoms in total. The Hall–Kier alpha value is -3.39. The minimum Gasteiger partial charge on any atom is -0.384 e. The Morgan fingerprint density at radius 3 is 2.36 bits per heavy atom. The van der Waals surface area contributed by atoms with Gasteiger partial charge in [0.25, 0.3) is 11.8 Å². The molecule has 1 atom stereocenters. The lowest BCUT2D eigenvalue weighted by molar-refractivity contribution is -0.133. The number of carbonyl (C=O) groups is 2. The van der Waals surface area contributed by atoms with Gasteiger partial charge in [0.1, 0.15) is 17.2 Å². The van der Waals surface area contributed by atoms with Crippen LogP contribution in [-0.2, 0) is 4.79 Å². The monoisotopic (exact) mass is 618 g/mol. The number of carbonyl (C=O) groups excluding carboxylic acids is 2. The summed E-state index contributed by atoms with van der Waals surface area (Å²) in [5, 5.41) is 6.75. The molecular weight excluding hydrogens is 572 g/mol. The van der Waals surface area contributed by atoms with Crippen molar-refractivity contribution in [2.45, 2.75) is 97.7 Å². The Balaban J connectivity index is 1.52. The van der Waals surface area contributed by atoms with Crippen molar-refractivity contribution in [3.05, 3.63) is 69.7 Å². The molecule has 9 heteroatoms. The number of aryl methyl sites for hydroxylation is 1. The highest BCUT2D eigenvalue weighted by molar-refractivity contribution is 6.47.